The number of sulfone groups is 1. The fourth-order valence-electron chi connectivity index (χ4n) is 2.97. The molecule has 1 aromatic heterocycles. The number of benzene rings is 1. The molecule has 1 aliphatic heterocycles. The van der Waals surface area contributed by atoms with Gasteiger partial charge >= 0.3 is 5.22 Å². The molecule has 1 aliphatic rings. The van der Waals surface area contributed by atoms with Crippen LogP contribution < -0.4 is 0 Å². The highest BCUT2D eigenvalue weighted by molar-refractivity contribution is 7.90. The number of aromatic nitrogens is 2. The lowest BCUT2D eigenvalue weighted by Gasteiger charge is -2.30. The van der Waals surface area contributed by atoms with Crippen molar-refractivity contribution in [3.8, 4) is 0 Å². The van der Waals surface area contributed by atoms with E-state index in [1.807, 2.05) is 35.2 Å². The maximum absolute atomic E-state index is 12.3. The molecule has 0 saturated carbocycles. The number of aryl methyl sites for hydroxylation is 1. The number of rotatable bonds is 5. The van der Waals surface area contributed by atoms with Crippen LogP contribution >= 0.6 is 0 Å². The summed E-state index contributed by atoms with van der Waals surface area (Å²) in [5.41, 5.74) is 1.16. The van der Waals surface area contributed by atoms with Crippen LogP contribution in [0, 0.1) is 0 Å². The van der Waals surface area contributed by atoms with E-state index in [-0.39, 0.29) is 17.0 Å². The largest absolute Gasteiger partial charge is 0.412 e. The van der Waals surface area contributed by atoms with Crippen molar-refractivity contribution in [2.24, 2.45) is 0 Å². The normalized spacial score (nSPS) is 16.1. The molecule has 7 nitrogen and oxygen atoms in total. The summed E-state index contributed by atoms with van der Waals surface area (Å²) in [4.78, 5) is 14.2. The van der Waals surface area contributed by atoms with Crippen LogP contribution in [0.25, 0.3) is 0 Å². The van der Waals surface area contributed by atoms with Crippen LogP contribution in [-0.4, -0.2) is 48.8 Å². The summed E-state index contributed by atoms with van der Waals surface area (Å²) in [7, 11) is -3.48. The molecule has 1 fully saturated rings. The van der Waals surface area contributed by atoms with Crippen LogP contribution in [-0.2, 0) is 21.1 Å². The van der Waals surface area contributed by atoms with Crippen molar-refractivity contribution < 1.29 is 17.6 Å². The Morgan fingerprint density at radius 1 is 1.20 bits per heavy atom. The molecular formula is C17H21N3O4S. The van der Waals surface area contributed by atoms with Gasteiger partial charge in [-0.3, -0.25) is 4.79 Å². The summed E-state index contributed by atoms with van der Waals surface area (Å²) in [6, 6.07) is 9.95. The fraction of sp³-hybridized carbons (Fsp3) is 0.471. The summed E-state index contributed by atoms with van der Waals surface area (Å²) in [5.74, 6) is 0.489. The second-order valence-corrected chi connectivity index (χ2v) is 8.21. The van der Waals surface area contributed by atoms with E-state index in [2.05, 4.69) is 10.2 Å². The van der Waals surface area contributed by atoms with E-state index in [0.717, 1.165) is 18.2 Å². The third-order valence-corrected chi connectivity index (χ3v) is 5.21. The number of carbonyl (C=O) groups excluding carboxylic acids is 1. The number of nitrogens with zero attached hydrogens (tertiary/aromatic N) is 3. The maximum atomic E-state index is 12.3. The minimum absolute atomic E-state index is 0.00109. The second-order valence-electron chi connectivity index (χ2n) is 6.32. The first kappa shape index (κ1) is 17.6. The lowest BCUT2D eigenvalue weighted by molar-refractivity contribution is -0.132. The topological polar surface area (TPSA) is 93.4 Å². The van der Waals surface area contributed by atoms with Crippen molar-refractivity contribution in [2.75, 3.05) is 19.3 Å². The fourth-order valence-corrected chi connectivity index (χ4v) is 3.39. The van der Waals surface area contributed by atoms with E-state index >= 15 is 0 Å². The van der Waals surface area contributed by atoms with E-state index in [1.165, 1.54) is 0 Å². The number of amides is 1. The first-order valence-electron chi connectivity index (χ1n) is 8.28. The number of hydrogen-bond donors (Lipinski definition) is 0. The zero-order valence-electron chi connectivity index (χ0n) is 14.1. The SMILES string of the molecule is CS(=O)(=O)c1nnc(C2CCN(C(=O)CCc3ccccc3)CC2)o1. The number of hydrogen-bond acceptors (Lipinski definition) is 6. The molecule has 0 atom stereocenters. The molecule has 0 unspecified atom stereocenters. The summed E-state index contributed by atoms with van der Waals surface area (Å²) in [6.45, 7) is 1.24. The third kappa shape index (κ3) is 4.45. The van der Waals surface area contributed by atoms with Crippen molar-refractivity contribution in [1.82, 2.24) is 15.1 Å². The zero-order valence-corrected chi connectivity index (χ0v) is 14.9. The van der Waals surface area contributed by atoms with Gasteiger partial charge in [-0.2, -0.15) is 0 Å². The predicted octanol–water partition coefficient (Wildman–Crippen LogP) is 1.81. The van der Waals surface area contributed by atoms with E-state index in [1.54, 1.807) is 0 Å². The zero-order chi connectivity index (χ0) is 17.9. The predicted molar refractivity (Wildman–Crippen MR) is 90.7 cm³/mol. The first-order valence-corrected chi connectivity index (χ1v) is 10.2. The molecule has 0 radical (unpaired) electrons. The van der Waals surface area contributed by atoms with Crippen molar-refractivity contribution in [2.45, 2.75) is 36.8 Å². The second kappa shape index (κ2) is 7.35. The molecule has 1 amide bonds. The van der Waals surface area contributed by atoms with E-state index in [9.17, 15) is 13.2 Å². The Kier molecular flexibility index (Phi) is 5.17. The standard InChI is InChI=1S/C17H21N3O4S/c1-25(22,23)17-19-18-16(24-17)14-9-11-20(12-10-14)15(21)8-7-13-5-3-2-4-6-13/h2-6,14H,7-12H2,1H3. The van der Waals surface area contributed by atoms with Crippen molar-refractivity contribution in [3.63, 3.8) is 0 Å². The molecular weight excluding hydrogens is 342 g/mol. The van der Waals surface area contributed by atoms with Gasteiger partial charge in [-0.1, -0.05) is 35.4 Å². The van der Waals surface area contributed by atoms with Gasteiger partial charge in [-0.25, -0.2) is 8.42 Å². The van der Waals surface area contributed by atoms with Gasteiger partial charge in [-0.05, 0) is 24.8 Å². The van der Waals surface area contributed by atoms with E-state index < -0.39 is 9.84 Å². The van der Waals surface area contributed by atoms with Gasteiger partial charge < -0.3 is 9.32 Å². The van der Waals surface area contributed by atoms with Gasteiger partial charge in [0.2, 0.25) is 21.6 Å². The highest BCUT2D eigenvalue weighted by Gasteiger charge is 2.28. The van der Waals surface area contributed by atoms with Crippen molar-refractivity contribution in [3.05, 3.63) is 41.8 Å². The van der Waals surface area contributed by atoms with Gasteiger partial charge in [0.15, 0.2) is 0 Å². The average Bonchev–Trinajstić information content (AvgIpc) is 3.11. The molecule has 2 aromatic rings. The minimum atomic E-state index is -3.48. The molecule has 134 valence electrons. The summed E-state index contributed by atoms with van der Waals surface area (Å²) >= 11 is 0. The summed E-state index contributed by atoms with van der Waals surface area (Å²) in [5, 5.41) is 7.10. The molecule has 1 saturated heterocycles. The molecule has 0 aliphatic carbocycles. The maximum Gasteiger partial charge on any atom is 0.335 e. The number of likely N-dealkylation sites (tertiary alicyclic amines) is 1. The molecule has 2 heterocycles. The molecule has 25 heavy (non-hydrogen) atoms. The summed E-state index contributed by atoms with van der Waals surface area (Å²) in [6.07, 6.45) is 3.66. The van der Waals surface area contributed by atoms with Crippen LogP contribution in [0.5, 0.6) is 0 Å². The Balaban J connectivity index is 1.51. The molecule has 0 spiro atoms. The first-order chi connectivity index (χ1) is 11.9. The van der Waals surface area contributed by atoms with Crippen LogP contribution in [0.15, 0.2) is 40.0 Å². The lowest BCUT2D eigenvalue weighted by Crippen LogP contribution is -2.38. The van der Waals surface area contributed by atoms with Gasteiger partial charge in [-0.15, -0.1) is 5.10 Å². The molecule has 8 heteroatoms. The van der Waals surface area contributed by atoms with Gasteiger partial charge in [0.05, 0.1) is 0 Å². The highest BCUT2D eigenvalue weighted by Crippen LogP contribution is 2.28. The van der Waals surface area contributed by atoms with Crippen LogP contribution in [0.3, 0.4) is 0 Å². The molecule has 1 aromatic carbocycles. The van der Waals surface area contributed by atoms with Crippen molar-refractivity contribution in [1.29, 1.82) is 0 Å². The number of piperidine rings is 1. The Morgan fingerprint density at radius 3 is 2.48 bits per heavy atom. The lowest BCUT2D eigenvalue weighted by atomic mass is 9.96. The number of carbonyl (C=O) groups is 1. The van der Waals surface area contributed by atoms with Crippen molar-refractivity contribution >= 4 is 15.7 Å². The van der Waals surface area contributed by atoms with Crippen LogP contribution in [0.4, 0.5) is 0 Å². The molecule has 0 N–H and O–H groups in total. The summed E-state index contributed by atoms with van der Waals surface area (Å²) < 4.78 is 28.1. The Bertz CT molecular complexity index is 825. The Morgan fingerprint density at radius 2 is 1.88 bits per heavy atom. The van der Waals surface area contributed by atoms with E-state index in [4.69, 9.17) is 4.42 Å². The van der Waals surface area contributed by atoms with Crippen LogP contribution in [0.1, 0.15) is 36.6 Å². The minimum Gasteiger partial charge on any atom is -0.412 e. The smallest absolute Gasteiger partial charge is 0.335 e. The van der Waals surface area contributed by atoms with Gasteiger partial charge in [0, 0.05) is 31.7 Å². The molecule has 0 bridgehead atoms. The third-order valence-electron chi connectivity index (χ3n) is 4.41. The quantitative estimate of drug-likeness (QED) is 0.804. The van der Waals surface area contributed by atoms with E-state index in [0.29, 0.717) is 38.2 Å². The van der Waals surface area contributed by atoms with Gasteiger partial charge in [0.25, 0.3) is 0 Å². The van der Waals surface area contributed by atoms with Crippen LogP contribution in [0.2, 0.25) is 0 Å². The highest BCUT2D eigenvalue weighted by atomic mass is 32.2. The van der Waals surface area contributed by atoms with Gasteiger partial charge in [0.1, 0.15) is 0 Å². The molecule has 3 rings (SSSR count). The Labute approximate surface area is 147 Å². The monoisotopic (exact) mass is 363 g/mol. The average molecular weight is 363 g/mol. The Hall–Kier alpha value is -2.22.